The number of halogens is 2. The molecule has 0 aliphatic rings. The normalized spacial score (nSPS) is 8.36. The van der Waals surface area contributed by atoms with Crippen LogP contribution in [0, 0.1) is 0 Å². The molecule has 0 fully saturated rings. The summed E-state index contributed by atoms with van der Waals surface area (Å²) in [4.78, 5) is 17.3. The average molecular weight is 265 g/mol. The Morgan fingerprint density at radius 3 is 1.50 bits per heavy atom. The Kier molecular flexibility index (Phi) is 18.5. The molecule has 0 bridgehead atoms. The fraction of sp³-hybridized carbons (Fsp3) is 0.571. The SMILES string of the molecule is C=C(C)C(=O)O.CC(C)O.OP(Cl)Cl. The zero-order valence-corrected chi connectivity index (χ0v) is 10.6. The number of aliphatic hydroxyl groups is 1. The van der Waals surface area contributed by atoms with Gasteiger partial charge in [-0.3, -0.25) is 0 Å². The lowest BCUT2D eigenvalue weighted by molar-refractivity contribution is -0.132. The minimum atomic E-state index is -1.68. The zero-order valence-electron chi connectivity index (χ0n) is 8.24. The first-order chi connectivity index (χ1) is 6.11. The summed E-state index contributed by atoms with van der Waals surface area (Å²) in [5.41, 5.74) is 0.176. The molecular formula is C7H15Cl2O4P. The van der Waals surface area contributed by atoms with Crippen LogP contribution in [0.3, 0.4) is 0 Å². The molecule has 0 atom stereocenters. The Hall–Kier alpha value is 0.140. The van der Waals surface area contributed by atoms with Crippen LogP contribution in [-0.4, -0.2) is 27.2 Å². The highest BCUT2D eigenvalue weighted by Crippen LogP contribution is 2.40. The third kappa shape index (κ3) is 87.9. The first-order valence-electron chi connectivity index (χ1n) is 3.48. The third-order valence-electron chi connectivity index (χ3n) is 0.365. The van der Waals surface area contributed by atoms with Crippen LogP contribution in [-0.2, 0) is 4.79 Å². The molecule has 0 unspecified atom stereocenters. The maximum Gasteiger partial charge on any atom is 0.330 e. The van der Waals surface area contributed by atoms with Crippen molar-refractivity contribution in [2.24, 2.45) is 0 Å². The van der Waals surface area contributed by atoms with Gasteiger partial charge in [-0.1, -0.05) is 6.58 Å². The standard InChI is InChI=1S/C4H6O2.C3H8O.Cl2HOP/c1-3(2)4(5)6;1-3(2)4;1-4(2)3/h1H2,2H3,(H,5,6);3-4H,1-2H3;3H. The Bertz CT molecular complexity index is 138. The summed E-state index contributed by atoms with van der Waals surface area (Å²) in [5, 5.41) is 15.9. The molecular weight excluding hydrogens is 250 g/mol. The Morgan fingerprint density at radius 1 is 1.43 bits per heavy atom. The van der Waals surface area contributed by atoms with Crippen molar-refractivity contribution in [2.75, 3.05) is 0 Å². The minimum absolute atomic E-state index is 0.167. The highest BCUT2D eigenvalue weighted by atomic mass is 35.9. The molecule has 0 amide bonds. The first-order valence-corrected chi connectivity index (χ1v) is 6.59. The average Bonchev–Trinajstić information content (AvgIpc) is 1.83. The molecule has 0 aromatic heterocycles. The fourth-order valence-corrected chi connectivity index (χ4v) is 0. The van der Waals surface area contributed by atoms with Gasteiger partial charge in [-0.2, -0.15) is 0 Å². The summed E-state index contributed by atoms with van der Waals surface area (Å²) in [6.45, 7) is 6.37. The second-order valence-electron chi connectivity index (χ2n) is 2.39. The lowest BCUT2D eigenvalue weighted by Gasteiger charge is -1.80. The van der Waals surface area contributed by atoms with E-state index in [2.05, 4.69) is 29.1 Å². The molecule has 0 aromatic rings. The number of carboxylic acid groups (broad SMARTS) is 1. The number of hydrogen-bond donors (Lipinski definition) is 3. The maximum absolute atomic E-state index is 9.60. The van der Waals surface area contributed by atoms with Crippen LogP contribution < -0.4 is 0 Å². The van der Waals surface area contributed by atoms with E-state index in [4.69, 9.17) is 15.1 Å². The molecule has 86 valence electrons. The Morgan fingerprint density at radius 2 is 1.50 bits per heavy atom. The van der Waals surface area contributed by atoms with Gasteiger partial charge in [0.25, 0.3) is 0 Å². The minimum Gasteiger partial charge on any atom is -0.478 e. The summed E-state index contributed by atoms with van der Waals surface area (Å²) >= 11 is 9.32. The fourth-order valence-electron chi connectivity index (χ4n) is 0. The van der Waals surface area contributed by atoms with Crippen molar-refractivity contribution in [1.82, 2.24) is 0 Å². The number of rotatable bonds is 1. The zero-order chi connectivity index (χ0) is 12.3. The molecule has 0 saturated carbocycles. The van der Waals surface area contributed by atoms with E-state index < -0.39 is 12.8 Å². The predicted molar refractivity (Wildman–Crippen MR) is 60.6 cm³/mol. The van der Waals surface area contributed by atoms with Crippen molar-refractivity contribution in [3.05, 3.63) is 12.2 Å². The van der Waals surface area contributed by atoms with Gasteiger partial charge >= 0.3 is 5.97 Å². The van der Waals surface area contributed by atoms with Crippen LogP contribution in [0.1, 0.15) is 20.8 Å². The number of carboxylic acids is 1. The Balaban J connectivity index is -0.000000135. The monoisotopic (exact) mass is 264 g/mol. The van der Waals surface area contributed by atoms with Crippen LogP contribution in [0.15, 0.2) is 12.2 Å². The van der Waals surface area contributed by atoms with Crippen molar-refractivity contribution < 1.29 is 19.9 Å². The molecule has 0 rings (SSSR count). The molecule has 0 radical (unpaired) electrons. The van der Waals surface area contributed by atoms with Gasteiger partial charge in [-0.15, -0.1) is 0 Å². The number of hydrogen-bond acceptors (Lipinski definition) is 3. The summed E-state index contributed by atoms with van der Waals surface area (Å²) in [6.07, 6.45) is -0.167. The molecule has 0 heterocycles. The van der Waals surface area contributed by atoms with Gasteiger partial charge in [-0.25, -0.2) is 4.79 Å². The van der Waals surface area contributed by atoms with Gasteiger partial charge in [-0.05, 0) is 43.3 Å². The number of carbonyl (C=O) groups is 1. The first kappa shape index (κ1) is 19.7. The van der Waals surface area contributed by atoms with E-state index in [1.807, 2.05) is 0 Å². The van der Waals surface area contributed by atoms with Crippen molar-refractivity contribution >= 4 is 35.3 Å². The van der Waals surface area contributed by atoms with Gasteiger partial charge in [0.1, 0.15) is 0 Å². The van der Waals surface area contributed by atoms with Crippen molar-refractivity contribution in [2.45, 2.75) is 26.9 Å². The molecule has 4 nitrogen and oxygen atoms in total. The van der Waals surface area contributed by atoms with E-state index in [1.165, 1.54) is 6.92 Å². The Labute approximate surface area is 94.6 Å². The quantitative estimate of drug-likeness (QED) is 0.503. The van der Waals surface area contributed by atoms with Crippen LogP contribution in [0.4, 0.5) is 0 Å². The molecule has 0 aromatic carbocycles. The van der Waals surface area contributed by atoms with E-state index in [0.29, 0.717) is 0 Å². The van der Waals surface area contributed by atoms with E-state index in [0.717, 1.165) is 0 Å². The van der Waals surface area contributed by atoms with E-state index in [9.17, 15) is 4.79 Å². The van der Waals surface area contributed by atoms with Gasteiger partial charge in [0.15, 0.2) is 0 Å². The highest BCUT2D eigenvalue weighted by molar-refractivity contribution is 7.99. The van der Waals surface area contributed by atoms with E-state index >= 15 is 0 Å². The number of aliphatic carboxylic acids is 1. The number of aliphatic hydroxyl groups excluding tert-OH is 1. The van der Waals surface area contributed by atoms with Gasteiger partial charge in [0.05, 0.1) is 0 Å². The van der Waals surface area contributed by atoms with Crippen LogP contribution in [0.25, 0.3) is 0 Å². The molecule has 0 aliphatic heterocycles. The van der Waals surface area contributed by atoms with Gasteiger partial charge in [0, 0.05) is 11.7 Å². The second-order valence-corrected chi connectivity index (χ2v) is 5.26. The summed E-state index contributed by atoms with van der Waals surface area (Å²) in [6, 6.07) is 0. The van der Waals surface area contributed by atoms with Gasteiger partial charge in [0.2, 0.25) is 6.85 Å². The van der Waals surface area contributed by atoms with Crippen LogP contribution in [0.5, 0.6) is 0 Å². The molecule has 0 saturated heterocycles. The smallest absolute Gasteiger partial charge is 0.330 e. The van der Waals surface area contributed by atoms with Crippen molar-refractivity contribution in [1.29, 1.82) is 0 Å². The van der Waals surface area contributed by atoms with Crippen LogP contribution in [0.2, 0.25) is 0 Å². The summed E-state index contributed by atoms with van der Waals surface area (Å²) < 4.78 is 0. The lowest BCUT2D eigenvalue weighted by atomic mass is 10.4. The van der Waals surface area contributed by atoms with Crippen molar-refractivity contribution in [3.63, 3.8) is 0 Å². The van der Waals surface area contributed by atoms with Crippen LogP contribution >= 0.6 is 29.3 Å². The highest BCUT2D eigenvalue weighted by Gasteiger charge is 1.90. The largest absolute Gasteiger partial charge is 0.478 e. The molecule has 0 aliphatic carbocycles. The predicted octanol–water partition coefficient (Wildman–Crippen LogP) is 2.72. The molecule has 7 heteroatoms. The summed E-state index contributed by atoms with van der Waals surface area (Å²) in [5.74, 6) is -0.935. The third-order valence-corrected chi connectivity index (χ3v) is 0.365. The van der Waals surface area contributed by atoms with Gasteiger partial charge < -0.3 is 15.1 Å². The summed E-state index contributed by atoms with van der Waals surface area (Å²) in [7, 11) is 0. The maximum atomic E-state index is 9.60. The molecule has 0 spiro atoms. The second kappa shape index (κ2) is 13.1. The lowest BCUT2D eigenvalue weighted by Crippen LogP contribution is -1.92. The van der Waals surface area contributed by atoms with Crippen molar-refractivity contribution in [3.8, 4) is 0 Å². The topological polar surface area (TPSA) is 77.8 Å². The molecule has 3 N–H and O–H groups in total. The van der Waals surface area contributed by atoms with E-state index in [1.54, 1.807) is 13.8 Å². The molecule has 14 heavy (non-hydrogen) atoms. The van der Waals surface area contributed by atoms with E-state index in [-0.39, 0.29) is 11.7 Å².